The van der Waals surface area contributed by atoms with Crippen molar-refractivity contribution in [2.45, 2.75) is 32.7 Å². The van der Waals surface area contributed by atoms with Crippen molar-refractivity contribution in [3.05, 3.63) is 11.8 Å². The van der Waals surface area contributed by atoms with Crippen LogP contribution in [0.4, 0.5) is 0 Å². The molecule has 2 heteroatoms. The summed E-state index contributed by atoms with van der Waals surface area (Å²) >= 11 is 0. The van der Waals surface area contributed by atoms with Crippen molar-refractivity contribution in [2.75, 3.05) is 0 Å². The molecule has 1 heterocycles. The second-order valence-electron chi connectivity index (χ2n) is 3.05. The van der Waals surface area contributed by atoms with Crippen molar-refractivity contribution in [3.8, 4) is 0 Å². The molecule has 2 nitrogen and oxygen atoms in total. The van der Waals surface area contributed by atoms with Gasteiger partial charge in [-0.05, 0) is 26.3 Å². The molecule has 0 aromatic heterocycles. The lowest BCUT2D eigenvalue weighted by Gasteiger charge is -2.17. The average molecular weight is 150 g/mol. The first kappa shape index (κ1) is 8.18. The minimum Gasteiger partial charge on any atom is -0.281 e. The zero-order valence-corrected chi connectivity index (χ0v) is 7.33. The van der Waals surface area contributed by atoms with E-state index in [9.17, 15) is 0 Å². The van der Waals surface area contributed by atoms with Crippen LogP contribution in [0.25, 0.3) is 0 Å². The van der Waals surface area contributed by atoms with E-state index in [4.69, 9.17) is 0 Å². The van der Waals surface area contributed by atoms with Gasteiger partial charge in [-0.2, -0.15) is 0 Å². The summed E-state index contributed by atoms with van der Waals surface area (Å²) in [5, 5.41) is 0. The summed E-state index contributed by atoms with van der Waals surface area (Å²) in [5.74, 6) is 0. The molecule has 0 bridgehead atoms. The zero-order chi connectivity index (χ0) is 8.32. The fourth-order valence-electron chi connectivity index (χ4n) is 1.07. The van der Waals surface area contributed by atoms with Crippen molar-refractivity contribution in [1.29, 1.82) is 0 Å². The standard InChI is InChI=1S/C9H14N2/c1-4-9(3)7-8(2)10-5-6-11-9/h5-7H,4H2,1-3H3. The summed E-state index contributed by atoms with van der Waals surface area (Å²) in [6.07, 6.45) is 6.64. The smallest absolute Gasteiger partial charge is 0.0777 e. The van der Waals surface area contributed by atoms with Crippen LogP contribution in [-0.2, 0) is 0 Å². The van der Waals surface area contributed by atoms with Crippen LogP contribution < -0.4 is 0 Å². The van der Waals surface area contributed by atoms with Crippen LogP contribution in [0, 0.1) is 0 Å². The molecule has 1 aliphatic heterocycles. The van der Waals surface area contributed by atoms with E-state index in [1.807, 2.05) is 6.92 Å². The number of hydrogen-bond donors (Lipinski definition) is 0. The summed E-state index contributed by atoms with van der Waals surface area (Å²) in [6.45, 7) is 6.24. The number of aliphatic imine (C=N–C) groups is 2. The summed E-state index contributed by atoms with van der Waals surface area (Å²) in [4.78, 5) is 8.53. The first-order valence-electron chi connectivity index (χ1n) is 3.93. The molecule has 0 amide bonds. The lowest BCUT2D eigenvalue weighted by Crippen LogP contribution is -2.17. The molecule has 0 radical (unpaired) electrons. The Morgan fingerprint density at radius 2 is 2.18 bits per heavy atom. The lowest BCUT2D eigenvalue weighted by atomic mass is 9.99. The van der Waals surface area contributed by atoms with Crippen LogP contribution >= 0.6 is 0 Å². The zero-order valence-electron chi connectivity index (χ0n) is 7.33. The van der Waals surface area contributed by atoms with Crippen molar-refractivity contribution in [2.24, 2.45) is 9.98 Å². The Kier molecular flexibility index (Phi) is 2.22. The number of nitrogens with zero attached hydrogens (tertiary/aromatic N) is 2. The van der Waals surface area contributed by atoms with E-state index in [1.165, 1.54) is 0 Å². The monoisotopic (exact) mass is 150 g/mol. The summed E-state index contributed by atoms with van der Waals surface area (Å²) < 4.78 is 0. The molecule has 0 saturated carbocycles. The molecule has 60 valence electrons. The SMILES string of the molecule is CCC1(C)C=C(C)N=CC=N1. The molecule has 1 unspecified atom stereocenters. The van der Waals surface area contributed by atoms with Gasteiger partial charge in [0.15, 0.2) is 0 Å². The Balaban J connectivity index is 2.92. The van der Waals surface area contributed by atoms with Crippen LogP contribution in [0.2, 0.25) is 0 Å². The molecule has 11 heavy (non-hydrogen) atoms. The number of rotatable bonds is 1. The lowest BCUT2D eigenvalue weighted by molar-refractivity contribution is 0.567. The molecule has 0 aliphatic carbocycles. The van der Waals surface area contributed by atoms with Gasteiger partial charge in [-0.1, -0.05) is 6.92 Å². The maximum Gasteiger partial charge on any atom is 0.0777 e. The van der Waals surface area contributed by atoms with Crippen LogP contribution in [0.3, 0.4) is 0 Å². The molecular formula is C9H14N2. The molecule has 0 N–H and O–H groups in total. The molecule has 0 aromatic rings. The highest BCUT2D eigenvalue weighted by molar-refractivity contribution is 6.16. The highest BCUT2D eigenvalue weighted by Crippen LogP contribution is 2.19. The van der Waals surface area contributed by atoms with Gasteiger partial charge in [0.1, 0.15) is 0 Å². The normalized spacial score (nSPS) is 29.9. The third kappa shape index (κ3) is 2.00. The van der Waals surface area contributed by atoms with Crippen LogP contribution in [-0.4, -0.2) is 18.0 Å². The largest absolute Gasteiger partial charge is 0.281 e. The highest BCUT2D eigenvalue weighted by atomic mass is 14.9. The van der Waals surface area contributed by atoms with Gasteiger partial charge < -0.3 is 0 Å². The quantitative estimate of drug-likeness (QED) is 0.547. The molecule has 0 spiro atoms. The summed E-state index contributed by atoms with van der Waals surface area (Å²) in [5.41, 5.74) is 1.01. The molecule has 0 fully saturated rings. The average Bonchev–Trinajstić information content (AvgIpc) is 2.13. The Bertz CT molecular complexity index is 226. The van der Waals surface area contributed by atoms with Crippen LogP contribution in [0.5, 0.6) is 0 Å². The van der Waals surface area contributed by atoms with Crippen molar-refractivity contribution in [1.82, 2.24) is 0 Å². The minimum atomic E-state index is -0.0411. The van der Waals surface area contributed by atoms with Crippen molar-refractivity contribution in [3.63, 3.8) is 0 Å². The van der Waals surface area contributed by atoms with E-state index in [0.717, 1.165) is 12.1 Å². The van der Waals surface area contributed by atoms with E-state index < -0.39 is 0 Å². The molecule has 1 aliphatic rings. The van der Waals surface area contributed by atoms with Gasteiger partial charge in [-0.15, -0.1) is 0 Å². The molecule has 1 rings (SSSR count). The minimum absolute atomic E-state index is 0.0411. The summed E-state index contributed by atoms with van der Waals surface area (Å²) in [7, 11) is 0. The second-order valence-corrected chi connectivity index (χ2v) is 3.05. The van der Waals surface area contributed by atoms with Crippen molar-refractivity contribution >= 4 is 12.4 Å². The van der Waals surface area contributed by atoms with Gasteiger partial charge in [0, 0.05) is 18.1 Å². The maximum absolute atomic E-state index is 4.37. The van der Waals surface area contributed by atoms with Crippen LogP contribution in [0.15, 0.2) is 21.8 Å². The van der Waals surface area contributed by atoms with E-state index in [1.54, 1.807) is 12.4 Å². The van der Waals surface area contributed by atoms with E-state index in [0.29, 0.717) is 0 Å². The van der Waals surface area contributed by atoms with Gasteiger partial charge in [0.25, 0.3) is 0 Å². The van der Waals surface area contributed by atoms with Crippen LogP contribution in [0.1, 0.15) is 27.2 Å². The Morgan fingerprint density at radius 3 is 2.82 bits per heavy atom. The maximum atomic E-state index is 4.37. The third-order valence-electron chi connectivity index (χ3n) is 1.95. The fraction of sp³-hybridized carbons (Fsp3) is 0.556. The summed E-state index contributed by atoms with van der Waals surface area (Å²) in [6, 6.07) is 0. The first-order chi connectivity index (χ1) is 5.16. The second kappa shape index (κ2) is 2.99. The predicted molar refractivity (Wildman–Crippen MR) is 49.4 cm³/mol. The Hall–Kier alpha value is -0.920. The molecule has 0 saturated heterocycles. The Labute approximate surface area is 67.8 Å². The van der Waals surface area contributed by atoms with Gasteiger partial charge in [0.05, 0.1) is 5.54 Å². The topological polar surface area (TPSA) is 24.7 Å². The molecule has 1 atom stereocenters. The van der Waals surface area contributed by atoms with Gasteiger partial charge >= 0.3 is 0 Å². The van der Waals surface area contributed by atoms with E-state index in [-0.39, 0.29) is 5.54 Å². The van der Waals surface area contributed by atoms with Gasteiger partial charge in [-0.25, -0.2) is 0 Å². The van der Waals surface area contributed by atoms with Gasteiger partial charge in [-0.3, -0.25) is 9.98 Å². The first-order valence-corrected chi connectivity index (χ1v) is 3.93. The van der Waals surface area contributed by atoms with E-state index in [2.05, 4.69) is 29.9 Å². The van der Waals surface area contributed by atoms with Gasteiger partial charge in [0.2, 0.25) is 0 Å². The fourth-order valence-corrected chi connectivity index (χ4v) is 1.07. The molecule has 0 aromatic carbocycles. The van der Waals surface area contributed by atoms with E-state index >= 15 is 0 Å². The predicted octanol–water partition coefficient (Wildman–Crippen LogP) is 2.21. The number of hydrogen-bond acceptors (Lipinski definition) is 2. The third-order valence-corrected chi connectivity index (χ3v) is 1.95. The Morgan fingerprint density at radius 1 is 1.45 bits per heavy atom. The molecular weight excluding hydrogens is 136 g/mol. The highest BCUT2D eigenvalue weighted by Gasteiger charge is 2.17. The number of allylic oxidation sites excluding steroid dienone is 1. The van der Waals surface area contributed by atoms with Crippen molar-refractivity contribution < 1.29 is 0 Å².